The number of esters is 1. The summed E-state index contributed by atoms with van der Waals surface area (Å²) in [6, 6.07) is 2.75. The Morgan fingerprint density at radius 2 is 2.27 bits per heavy atom. The first-order chi connectivity index (χ1) is 7.04. The van der Waals surface area contributed by atoms with Gasteiger partial charge >= 0.3 is 5.97 Å². The Labute approximate surface area is 92.2 Å². The molecule has 0 radical (unpaired) electrons. The lowest BCUT2D eigenvalue weighted by atomic mass is 10.2. The lowest BCUT2D eigenvalue weighted by Crippen LogP contribution is -2.15. The van der Waals surface area contributed by atoms with Gasteiger partial charge in [-0.2, -0.15) is 0 Å². The van der Waals surface area contributed by atoms with Gasteiger partial charge in [0, 0.05) is 0 Å². The number of rotatable bonds is 3. The van der Waals surface area contributed by atoms with Crippen LogP contribution in [0.5, 0.6) is 0 Å². The minimum absolute atomic E-state index is 0.0429. The molecule has 0 aromatic heterocycles. The molecule has 0 saturated carbocycles. The summed E-state index contributed by atoms with van der Waals surface area (Å²) in [7, 11) is 1.28. The average Bonchev–Trinajstić information content (AvgIpc) is 2.21. The lowest BCUT2D eigenvalue weighted by molar-refractivity contribution is -0.138. The van der Waals surface area contributed by atoms with E-state index in [1.807, 2.05) is 0 Å². The molecule has 0 amide bonds. The number of benzene rings is 1. The standard InChI is InChI=1S/C10H11ClFNO2/c1-6-3-7(11)9(4-8(6)12)13-5-10(14)15-2/h3-4,13H,5H2,1-2H3. The number of ether oxygens (including phenoxy) is 1. The second-order valence-corrected chi connectivity index (χ2v) is 3.42. The van der Waals surface area contributed by atoms with E-state index in [4.69, 9.17) is 11.6 Å². The van der Waals surface area contributed by atoms with E-state index in [1.165, 1.54) is 19.2 Å². The van der Waals surface area contributed by atoms with Crippen LogP contribution in [0.4, 0.5) is 10.1 Å². The maximum Gasteiger partial charge on any atom is 0.325 e. The number of nitrogens with one attached hydrogen (secondary N) is 1. The molecule has 1 aromatic carbocycles. The number of halogens is 2. The van der Waals surface area contributed by atoms with Crippen molar-refractivity contribution in [2.75, 3.05) is 19.0 Å². The van der Waals surface area contributed by atoms with E-state index in [0.29, 0.717) is 16.3 Å². The van der Waals surface area contributed by atoms with Crippen LogP contribution in [-0.4, -0.2) is 19.6 Å². The first-order valence-electron chi connectivity index (χ1n) is 4.31. The number of methoxy groups -OCH3 is 1. The molecule has 0 fully saturated rings. The van der Waals surface area contributed by atoms with E-state index in [1.54, 1.807) is 6.92 Å². The minimum Gasteiger partial charge on any atom is -0.468 e. The molecular weight excluding hydrogens is 221 g/mol. The molecule has 0 heterocycles. The smallest absolute Gasteiger partial charge is 0.325 e. The van der Waals surface area contributed by atoms with Crippen LogP contribution in [-0.2, 0) is 9.53 Å². The fourth-order valence-corrected chi connectivity index (χ4v) is 1.31. The van der Waals surface area contributed by atoms with Gasteiger partial charge < -0.3 is 10.1 Å². The Kier molecular flexibility index (Phi) is 3.91. The summed E-state index contributed by atoms with van der Waals surface area (Å²) >= 11 is 5.85. The van der Waals surface area contributed by atoms with Crippen LogP contribution in [0.2, 0.25) is 5.02 Å². The molecule has 0 aliphatic rings. The van der Waals surface area contributed by atoms with E-state index in [-0.39, 0.29) is 12.4 Å². The third-order valence-corrected chi connectivity index (χ3v) is 2.21. The Hall–Kier alpha value is -1.29. The highest BCUT2D eigenvalue weighted by Gasteiger charge is 2.07. The minimum atomic E-state index is -0.438. The van der Waals surface area contributed by atoms with Gasteiger partial charge in [-0.25, -0.2) is 4.39 Å². The summed E-state index contributed by atoms with van der Waals surface area (Å²) in [6.07, 6.45) is 0. The van der Waals surface area contributed by atoms with Crippen molar-refractivity contribution in [3.63, 3.8) is 0 Å². The van der Waals surface area contributed by atoms with Crippen molar-refractivity contribution in [3.05, 3.63) is 28.5 Å². The number of hydrogen-bond donors (Lipinski definition) is 1. The number of carbonyl (C=O) groups excluding carboxylic acids is 1. The van der Waals surface area contributed by atoms with Crippen molar-refractivity contribution >= 4 is 23.3 Å². The SMILES string of the molecule is COC(=O)CNc1cc(F)c(C)cc1Cl. The van der Waals surface area contributed by atoms with Crippen molar-refractivity contribution in [1.82, 2.24) is 0 Å². The predicted molar refractivity (Wildman–Crippen MR) is 56.7 cm³/mol. The molecule has 15 heavy (non-hydrogen) atoms. The van der Waals surface area contributed by atoms with Gasteiger partial charge in [-0.3, -0.25) is 4.79 Å². The summed E-state index contributed by atoms with van der Waals surface area (Å²) in [5.74, 6) is -0.807. The van der Waals surface area contributed by atoms with Gasteiger partial charge in [-0.15, -0.1) is 0 Å². The molecule has 3 nitrogen and oxygen atoms in total. The molecule has 1 rings (SSSR count). The average molecular weight is 232 g/mol. The zero-order valence-corrected chi connectivity index (χ0v) is 9.19. The number of aryl methyl sites for hydroxylation is 1. The molecular formula is C10H11ClFNO2. The monoisotopic (exact) mass is 231 g/mol. The maximum absolute atomic E-state index is 13.2. The van der Waals surface area contributed by atoms with Gasteiger partial charge in [0.2, 0.25) is 0 Å². The van der Waals surface area contributed by atoms with Crippen molar-refractivity contribution in [1.29, 1.82) is 0 Å². The van der Waals surface area contributed by atoms with Gasteiger partial charge in [-0.05, 0) is 24.6 Å². The first kappa shape index (κ1) is 11.8. The molecule has 5 heteroatoms. The largest absolute Gasteiger partial charge is 0.468 e. The molecule has 0 aliphatic carbocycles. The van der Waals surface area contributed by atoms with E-state index < -0.39 is 5.97 Å². The van der Waals surface area contributed by atoms with Gasteiger partial charge in [-0.1, -0.05) is 11.6 Å². The summed E-state index contributed by atoms with van der Waals surface area (Å²) < 4.78 is 17.6. The Balaban J connectivity index is 2.77. The van der Waals surface area contributed by atoms with E-state index in [9.17, 15) is 9.18 Å². The molecule has 0 aliphatic heterocycles. The van der Waals surface area contributed by atoms with Crippen LogP contribution in [0.25, 0.3) is 0 Å². The van der Waals surface area contributed by atoms with E-state index >= 15 is 0 Å². The highest BCUT2D eigenvalue weighted by molar-refractivity contribution is 6.33. The second kappa shape index (κ2) is 4.98. The fraction of sp³-hybridized carbons (Fsp3) is 0.300. The number of hydrogen-bond acceptors (Lipinski definition) is 3. The predicted octanol–water partition coefficient (Wildman–Crippen LogP) is 2.37. The molecule has 82 valence electrons. The van der Waals surface area contributed by atoms with Crippen LogP contribution in [0.1, 0.15) is 5.56 Å². The highest BCUT2D eigenvalue weighted by atomic mass is 35.5. The zero-order chi connectivity index (χ0) is 11.4. The van der Waals surface area contributed by atoms with Crippen LogP contribution in [0.15, 0.2) is 12.1 Å². The van der Waals surface area contributed by atoms with E-state index in [0.717, 1.165) is 0 Å². The van der Waals surface area contributed by atoms with Crippen molar-refractivity contribution in [3.8, 4) is 0 Å². The molecule has 1 N–H and O–H groups in total. The third kappa shape index (κ3) is 3.09. The van der Waals surface area contributed by atoms with Gasteiger partial charge in [0.05, 0.1) is 17.8 Å². The van der Waals surface area contributed by atoms with Crippen molar-refractivity contribution in [2.24, 2.45) is 0 Å². The molecule has 0 saturated heterocycles. The van der Waals surface area contributed by atoms with Gasteiger partial charge in [0.15, 0.2) is 0 Å². The summed E-state index contributed by atoms with van der Waals surface area (Å²) in [4.78, 5) is 10.8. The van der Waals surface area contributed by atoms with Gasteiger partial charge in [0.25, 0.3) is 0 Å². The van der Waals surface area contributed by atoms with Crippen LogP contribution < -0.4 is 5.32 Å². The normalized spacial score (nSPS) is 9.87. The van der Waals surface area contributed by atoms with Crippen molar-refractivity contribution < 1.29 is 13.9 Å². The van der Waals surface area contributed by atoms with Crippen LogP contribution in [0, 0.1) is 12.7 Å². The molecule has 0 spiro atoms. The first-order valence-corrected chi connectivity index (χ1v) is 4.68. The quantitative estimate of drug-likeness (QED) is 0.812. The number of anilines is 1. The molecule has 0 bridgehead atoms. The summed E-state index contributed by atoms with van der Waals surface area (Å²) in [6.45, 7) is 1.57. The highest BCUT2D eigenvalue weighted by Crippen LogP contribution is 2.24. The third-order valence-electron chi connectivity index (χ3n) is 1.90. The van der Waals surface area contributed by atoms with Crippen LogP contribution in [0.3, 0.4) is 0 Å². The Morgan fingerprint density at radius 3 is 2.87 bits per heavy atom. The van der Waals surface area contributed by atoms with E-state index in [2.05, 4.69) is 10.1 Å². The maximum atomic E-state index is 13.2. The fourth-order valence-electron chi connectivity index (χ4n) is 1.02. The van der Waals surface area contributed by atoms with Gasteiger partial charge in [0.1, 0.15) is 12.4 Å². The lowest BCUT2D eigenvalue weighted by Gasteiger charge is -2.08. The molecule has 0 unspecified atom stereocenters. The zero-order valence-electron chi connectivity index (χ0n) is 8.43. The Morgan fingerprint density at radius 1 is 1.60 bits per heavy atom. The molecule has 0 atom stereocenters. The van der Waals surface area contributed by atoms with Crippen molar-refractivity contribution in [2.45, 2.75) is 6.92 Å². The number of carbonyl (C=O) groups is 1. The second-order valence-electron chi connectivity index (χ2n) is 3.01. The summed E-state index contributed by atoms with van der Waals surface area (Å²) in [5.41, 5.74) is 0.841. The summed E-state index contributed by atoms with van der Waals surface area (Å²) in [5, 5.41) is 3.06. The van der Waals surface area contributed by atoms with Crippen LogP contribution >= 0.6 is 11.6 Å². The topological polar surface area (TPSA) is 38.3 Å². The molecule has 1 aromatic rings. The Bertz CT molecular complexity index is 382.